The summed E-state index contributed by atoms with van der Waals surface area (Å²) in [7, 11) is 1.53. The Morgan fingerprint density at radius 2 is 1.94 bits per heavy atom. The van der Waals surface area contributed by atoms with E-state index in [1.807, 2.05) is 6.92 Å². The summed E-state index contributed by atoms with van der Waals surface area (Å²) >= 11 is 1.44. The van der Waals surface area contributed by atoms with Crippen LogP contribution in [-0.4, -0.2) is 7.11 Å². The van der Waals surface area contributed by atoms with E-state index in [0.29, 0.717) is 10.8 Å². The van der Waals surface area contributed by atoms with Gasteiger partial charge >= 0.3 is 0 Å². The number of rotatable bonds is 4. The van der Waals surface area contributed by atoms with E-state index >= 15 is 0 Å². The van der Waals surface area contributed by atoms with Gasteiger partial charge in [0.2, 0.25) is 5.06 Å². The number of methoxy groups -OCH3 is 1. The third kappa shape index (κ3) is 2.61. The van der Waals surface area contributed by atoms with Crippen molar-refractivity contribution in [2.45, 2.75) is 13.3 Å². The summed E-state index contributed by atoms with van der Waals surface area (Å²) in [5.41, 5.74) is 0. The first-order valence-corrected chi connectivity index (χ1v) is 6.25. The van der Waals surface area contributed by atoms with Crippen LogP contribution in [0.3, 0.4) is 0 Å². The molecule has 5 heteroatoms. The summed E-state index contributed by atoms with van der Waals surface area (Å²) in [6.07, 6.45) is 0.844. The molecule has 0 atom stereocenters. The van der Waals surface area contributed by atoms with Crippen LogP contribution in [0.15, 0.2) is 24.3 Å². The number of thiophene rings is 1. The molecule has 0 aliphatic carbocycles. The van der Waals surface area contributed by atoms with Crippen LogP contribution in [0.1, 0.15) is 11.8 Å². The van der Waals surface area contributed by atoms with E-state index in [-0.39, 0.29) is 5.75 Å². The number of hydrogen-bond acceptors (Lipinski definition) is 3. The van der Waals surface area contributed by atoms with Gasteiger partial charge in [0.05, 0.1) is 7.11 Å². The predicted molar refractivity (Wildman–Crippen MR) is 66.7 cm³/mol. The molecule has 1 heterocycles. The van der Waals surface area contributed by atoms with Crippen molar-refractivity contribution < 1.29 is 18.3 Å². The maximum atomic E-state index is 13.5. The molecule has 0 bridgehead atoms. The second-order valence-corrected chi connectivity index (χ2v) is 4.70. The van der Waals surface area contributed by atoms with Crippen molar-refractivity contribution >= 4 is 11.3 Å². The van der Waals surface area contributed by atoms with Gasteiger partial charge in [-0.15, -0.1) is 11.3 Å². The first-order chi connectivity index (χ1) is 8.63. The number of halogens is 2. The second-order valence-electron chi connectivity index (χ2n) is 3.60. The SMILES string of the molecule is CCc1cc(Oc2ccc(F)cc2F)c(OC)s1. The number of hydrogen-bond donors (Lipinski definition) is 0. The van der Waals surface area contributed by atoms with E-state index in [4.69, 9.17) is 9.47 Å². The van der Waals surface area contributed by atoms with E-state index in [2.05, 4.69) is 0 Å². The normalized spacial score (nSPS) is 10.4. The topological polar surface area (TPSA) is 18.5 Å². The molecule has 0 aliphatic heterocycles. The van der Waals surface area contributed by atoms with Gasteiger partial charge in [-0.2, -0.15) is 0 Å². The van der Waals surface area contributed by atoms with Gasteiger partial charge in [0.25, 0.3) is 0 Å². The van der Waals surface area contributed by atoms with Crippen molar-refractivity contribution in [3.63, 3.8) is 0 Å². The standard InChI is InChI=1S/C13H12F2O2S/c1-3-9-7-12(13(16-2)18-9)17-11-5-4-8(14)6-10(11)15/h4-7H,3H2,1-2H3. The van der Waals surface area contributed by atoms with Gasteiger partial charge < -0.3 is 9.47 Å². The first-order valence-electron chi connectivity index (χ1n) is 5.43. The van der Waals surface area contributed by atoms with Crippen LogP contribution in [0.25, 0.3) is 0 Å². The van der Waals surface area contributed by atoms with Crippen LogP contribution in [0.4, 0.5) is 8.78 Å². The maximum Gasteiger partial charge on any atom is 0.217 e. The molecule has 18 heavy (non-hydrogen) atoms. The van der Waals surface area contributed by atoms with Crippen molar-refractivity contribution in [3.8, 4) is 16.6 Å². The summed E-state index contributed by atoms with van der Waals surface area (Å²) in [6.45, 7) is 2.01. The molecular weight excluding hydrogens is 258 g/mol. The van der Waals surface area contributed by atoms with Crippen molar-refractivity contribution in [2.24, 2.45) is 0 Å². The lowest BCUT2D eigenvalue weighted by Gasteiger charge is -2.06. The third-order valence-electron chi connectivity index (χ3n) is 2.36. The fraction of sp³-hybridized carbons (Fsp3) is 0.231. The second kappa shape index (κ2) is 5.35. The lowest BCUT2D eigenvalue weighted by Crippen LogP contribution is -1.90. The Hall–Kier alpha value is -1.62. The van der Waals surface area contributed by atoms with Gasteiger partial charge in [0.1, 0.15) is 5.82 Å². The number of aryl methyl sites for hydroxylation is 1. The Labute approximate surface area is 108 Å². The summed E-state index contributed by atoms with van der Waals surface area (Å²) in [6, 6.07) is 4.99. The lowest BCUT2D eigenvalue weighted by atomic mass is 10.3. The zero-order valence-electron chi connectivity index (χ0n) is 10.00. The Balaban J connectivity index is 2.30. The molecule has 0 fully saturated rings. The summed E-state index contributed by atoms with van der Waals surface area (Å²) in [4.78, 5) is 1.07. The van der Waals surface area contributed by atoms with Crippen LogP contribution in [-0.2, 0) is 6.42 Å². The van der Waals surface area contributed by atoms with Gasteiger partial charge in [-0.25, -0.2) is 8.78 Å². The highest BCUT2D eigenvalue weighted by atomic mass is 32.1. The van der Waals surface area contributed by atoms with E-state index in [1.54, 1.807) is 6.07 Å². The van der Waals surface area contributed by atoms with Crippen molar-refractivity contribution in [3.05, 3.63) is 40.8 Å². The van der Waals surface area contributed by atoms with Crippen molar-refractivity contribution in [1.82, 2.24) is 0 Å². The monoisotopic (exact) mass is 270 g/mol. The average Bonchev–Trinajstić information content (AvgIpc) is 2.75. The van der Waals surface area contributed by atoms with Gasteiger partial charge in [-0.3, -0.25) is 0 Å². The number of benzene rings is 1. The van der Waals surface area contributed by atoms with E-state index < -0.39 is 11.6 Å². The first kappa shape index (κ1) is 12.8. The van der Waals surface area contributed by atoms with Gasteiger partial charge in [-0.05, 0) is 24.6 Å². The van der Waals surface area contributed by atoms with Crippen LogP contribution >= 0.6 is 11.3 Å². The Kier molecular flexibility index (Phi) is 3.81. The Bertz CT molecular complexity index is 552. The summed E-state index contributed by atoms with van der Waals surface area (Å²) in [5.74, 6) is -0.937. The molecule has 96 valence electrons. The molecule has 1 aromatic carbocycles. The lowest BCUT2D eigenvalue weighted by molar-refractivity contribution is 0.380. The molecule has 2 aromatic rings. The highest BCUT2D eigenvalue weighted by molar-refractivity contribution is 7.14. The van der Waals surface area contributed by atoms with E-state index in [1.165, 1.54) is 24.5 Å². The van der Waals surface area contributed by atoms with E-state index in [9.17, 15) is 8.78 Å². The highest BCUT2D eigenvalue weighted by Gasteiger charge is 2.13. The van der Waals surface area contributed by atoms with Gasteiger partial charge in [0, 0.05) is 10.9 Å². The molecule has 0 unspecified atom stereocenters. The summed E-state index contributed by atoms with van der Waals surface area (Å²) < 4.78 is 36.8. The van der Waals surface area contributed by atoms with E-state index in [0.717, 1.165) is 23.4 Å². The molecular formula is C13H12F2O2S. The minimum atomic E-state index is -0.735. The van der Waals surface area contributed by atoms with Crippen molar-refractivity contribution in [1.29, 1.82) is 0 Å². The zero-order chi connectivity index (χ0) is 13.1. The smallest absolute Gasteiger partial charge is 0.217 e. The molecule has 0 aliphatic rings. The number of ether oxygens (including phenoxy) is 2. The molecule has 0 radical (unpaired) electrons. The highest BCUT2D eigenvalue weighted by Crippen LogP contribution is 2.40. The molecule has 1 aromatic heterocycles. The largest absolute Gasteiger partial charge is 0.485 e. The molecule has 2 nitrogen and oxygen atoms in total. The van der Waals surface area contributed by atoms with Gasteiger partial charge in [0.15, 0.2) is 17.3 Å². The maximum absolute atomic E-state index is 13.5. The predicted octanol–water partition coefficient (Wildman–Crippen LogP) is 4.39. The molecule has 0 saturated carbocycles. The molecule has 0 amide bonds. The van der Waals surface area contributed by atoms with Gasteiger partial charge in [-0.1, -0.05) is 6.92 Å². The average molecular weight is 270 g/mol. The van der Waals surface area contributed by atoms with Crippen molar-refractivity contribution in [2.75, 3.05) is 7.11 Å². The minimum Gasteiger partial charge on any atom is -0.485 e. The van der Waals surface area contributed by atoms with Crippen LogP contribution < -0.4 is 9.47 Å². The summed E-state index contributed by atoms with van der Waals surface area (Å²) in [5, 5.41) is 0.579. The fourth-order valence-corrected chi connectivity index (χ4v) is 2.30. The molecule has 2 rings (SSSR count). The van der Waals surface area contributed by atoms with Crippen LogP contribution in [0, 0.1) is 11.6 Å². The quantitative estimate of drug-likeness (QED) is 0.820. The third-order valence-corrected chi connectivity index (χ3v) is 3.59. The minimum absolute atomic E-state index is 0.0184. The Morgan fingerprint density at radius 3 is 2.56 bits per heavy atom. The van der Waals surface area contributed by atoms with Crippen LogP contribution in [0.2, 0.25) is 0 Å². The molecule has 0 N–H and O–H groups in total. The molecule has 0 saturated heterocycles. The molecule has 0 spiro atoms. The zero-order valence-corrected chi connectivity index (χ0v) is 10.8. The Morgan fingerprint density at radius 1 is 1.17 bits per heavy atom. The fourth-order valence-electron chi connectivity index (χ4n) is 1.47. The van der Waals surface area contributed by atoms with Crippen LogP contribution in [0.5, 0.6) is 16.6 Å².